The summed E-state index contributed by atoms with van der Waals surface area (Å²) < 4.78 is 45.5. The first-order chi connectivity index (χ1) is 15.7. The number of sulfonamides is 1. The molecule has 33 heavy (non-hydrogen) atoms. The highest BCUT2D eigenvalue weighted by Crippen LogP contribution is 2.40. The lowest BCUT2D eigenvalue weighted by Gasteiger charge is -2.12. The van der Waals surface area contributed by atoms with Gasteiger partial charge in [-0.3, -0.25) is 4.72 Å². The fourth-order valence-electron chi connectivity index (χ4n) is 4.21. The van der Waals surface area contributed by atoms with Crippen molar-refractivity contribution >= 4 is 71.4 Å². The number of aromatic nitrogens is 3. The third-order valence-corrected chi connectivity index (χ3v) is 10.1. The first-order valence-electron chi connectivity index (χ1n) is 10.1. The third kappa shape index (κ3) is 4.11. The molecule has 0 spiro atoms. The summed E-state index contributed by atoms with van der Waals surface area (Å²) in [6.45, 7) is 0. The van der Waals surface area contributed by atoms with Crippen LogP contribution in [0.25, 0.3) is 22.2 Å². The predicted octanol–water partition coefficient (Wildman–Crippen LogP) is 6.21. The Morgan fingerprint density at radius 1 is 1.24 bits per heavy atom. The van der Waals surface area contributed by atoms with Crippen LogP contribution in [0.3, 0.4) is 0 Å². The van der Waals surface area contributed by atoms with Crippen molar-refractivity contribution in [3.8, 4) is 11.1 Å². The number of thiophene rings is 1. The number of nitrogens with two attached hydrogens (primary N) is 1. The average Bonchev–Trinajstić information content (AvgIpc) is 3.49. The van der Waals surface area contributed by atoms with Crippen LogP contribution in [-0.4, -0.2) is 23.0 Å². The van der Waals surface area contributed by atoms with Crippen LogP contribution >= 0.6 is 38.9 Å². The van der Waals surface area contributed by atoms with Crippen molar-refractivity contribution < 1.29 is 12.8 Å². The highest BCUT2D eigenvalue weighted by molar-refractivity contribution is 9.10. The molecule has 0 atom stereocenters. The summed E-state index contributed by atoms with van der Waals surface area (Å²) in [5.41, 5.74) is 7.99. The molecule has 172 valence electrons. The number of nitrogens with zero attached hydrogens (tertiary/aromatic N) is 3. The zero-order valence-corrected chi connectivity index (χ0v) is 21.0. The lowest BCUT2D eigenvalue weighted by molar-refractivity contribution is 0.532. The van der Waals surface area contributed by atoms with Gasteiger partial charge in [-0.1, -0.05) is 30.5 Å². The number of rotatable bonds is 5. The van der Waals surface area contributed by atoms with E-state index in [9.17, 15) is 8.42 Å². The number of benzene rings is 1. The zero-order chi connectivity index (χ0) is 23.3. The molecule has 0 aliphatic heterocycles. The average molecular weight is 571 g/mol. The van der Waals surface area contributed by atoms with Crippen LogP contribution in [0.2, 0.25) is 4.34 Å². The fourth-order valence-corrected chi connectivity index (χ4v) is 7.58. The van der Waals surface area contributed by atoms with E-state index in [1.165, 1.54) is 24.5 Å². The molecule has 1 aromatic carbocycles. The van der Waals surface area contributed by atoms with E-state index >= 15 is 4.39 Å². The number of halogens is 3. The van der Waals surface area contributed by atoms with Crippen molar-refractivity contribution in [2.24, 2.45) is 0 Å². The molecule has 3 aromatic heterocycles. The number of nitrogen functional groups attached to an aromatic ring is 1. The summed E-state index contributed by atoms with van der Waals surface area (Å²) in [5, 5.41) is 0.662. The van der Waals surface area contributed by atoms with Crippen LogP contribution in [0.1, 0.15) is 31.7 Å². The van der Waals surface area contributed by atoms with Gasteiger partial charge in [0.1, 0.15) is 32.2 Å². The number of hydrogen-bond donors (Lipinski definition) is 2. The van der Waals surface area contributed by atoms with Gasteiger partial charge in [-0.05, 0) is 52.5 Å². The monoisotopic (exact) mass is 569 g/mol. The maximum absolute atomic E-state index is 15.0. The van der Waals surface area contributed by atoms with Crippen LogP contribution in [0.15, 0.2) is 45.5 Å². The van der Waals surface area contributed by atoms with Gasteiger partial charge in [-0.2, -0.15) is 0 Å². The van der Waals surface area contributed by atoms with Gasteiger partial charge in [0.15, 0.2) is 0 Å². The van der Waals surface area contributed by atoms with E-state index in [1.807, 2.05) is 6.20 Å². The standard InChI is InChI=1S/C21H18BrClFN5O2S2/c22-14-8-17(32-19(14)23)33(30,31)28-16-6-5-11(7-15(16)24)13-9-29(12-3-1-2-4-12)21-18(13)20(25)26-10-27-21/h5-10,12,28H,1-4H2,(H2,25,26,27). The summed E-state index contributed by atoms with van der Waals surface area (Å²) in [6, 6.07) is 6.02. The van der Waals surface area contributed by atoms with Gasteiger partial charge in [0.05, 0.1) is 11.1 Å². The molecule has 0 amide bonds. The minimum Gasteiger partial charge on any atom is -0.383 e. The summed E-state index contributed by atoms with van der Waals surface area (Å²) in [4.78, 5) is 8.56. The second kappa shape index (κ2) is 8.53. The summed E-state index contributed by atoms with van der Waals surface area (Å²) in [5.74, 6) is -0.396. The predicted molar refractivity (Wildman–Crippen MR) is 133 cm³/mol. The minimum absolute atomic E-state index is 0.0209. The molecule has 5 rings (SSSR count). The zero-order valence-electron chi connectivity index (χ0n) is 17.1. The van der Waals surface area contributed by atoms with E-state index in [2.05, 4.69) is 35.2 Å². The lowest BCUT2D eigenvalue weighted by atomic mass is 10.1. The van der Waals surface area contributed by atoms with E-state index in [0.717, 1.165) is 42.7 Å². The van der Waals surface area contributed by atoms with E-state index in [4.69, 9.17) is 17.3 Å². The molecule has 4 aromatic rings. The van der Waals surface area contributed by atoms with Crippen molar-refractivity contribution in [2.75, 3.05) is 10.5 Å². The third-order valence-electron chi connectivity index (χ3n) is 5.77. The smallest absolute Gasteiger partial charge is 0.271 e. The lowest BCUT2D eigenvalue weighted by Crippen LogP contribution is -2.12. The van der Waals surface area contributed by atoms with Gasteiger partial charge < -0.3 is 10.3 Å². The Balaban J connectivity index is 1.53. The summed E-state index contributed by atoms with van der Waals surface area (Å²) in [7, 11) is -3.99. The maximum Gasteiger partial charge on any atom is 0.271 e. The van der Waals surface area contributed by atoms with E-state index in [-0.39, 0.29) is 9.90 Å². The minimum atomic E-state index is -3.99. The quantitative estimate of drug-likeness (QED) is 0.297. The second-order valence-electron chi connectivity index (χ2n) is 7.83. The highest BCUT2D eigenvalue weighted by atomic mass is 79.9. The number of nitrogens with one attached hydrogen (secondary N) is 1. The SMILES string of the molecule is Nc1ncnc2c1c(-c1ccc(NS(=O)(=O)c3cc(Br)c(Cl)s3)c(F)c1)cn2C1CCCC1. The molecule has 7 nitrogen and oxygen atoms in total. The molecule has 0 radical (unpaired) electrons. The first kappa shape index (κ1) is 22.6. The first-order valence-corrected chi connectivity index (χ1v) is 13.6. The van der Waals surface area contributed by atoms with Crippen LogP contribution in [0.4, 0.5) is 15.9 Å². The normalized spacial score (nSPS) is 14.9. The number of hydrogen-bond acceptors (Lipinski definition) is 6. The van der Waals surface area contributed by atoms with Gasteiger partial charge in [0.25, 0.3) is 10.0 Å². The molecular weight excluding hydrogens is 553 g/mol. The Bertz CT molecular complexity index is 1460. The fraction of sp³-hybridized carbons (Fsp3) is 0.238. The van der Waals surface area contributed by atoms with E-state index < -0.39 is 15.8 Å². The Morgan fingerprint density at radius 2 is 2.00 bits per heavy atom. The maximum atomic E-state index is 15.0. The van der Waals surface area contributed by atoms with Crippen LogP contribution in [-0.2, 0) is 10.0 Å². The Kier molecular flexibility index (Phi) is 5.84. The largest absolute Gasteiger partial charge is 0.383 e. The van der Waals surface area contributed by atoms with Crippen molar-refractivity contribution in [2.45, 2.75) is 35.9 Å². The molecule has 1 fully saturated rings. The Hall–Kier alpha value is -2.21. The molecule has 3 N–H and O–H groups in total. The van der Waals surface area contributed by atoms with E-state index in [0.29, 0.717) is 37.2 Å². The molecule has 0 bridgehead atoms. The van der Waals surface area contributed by atoms with Gasteiger partial charge in [-0.25, -0.2) is 22.8 Å². The van der Waals surface area contributed by atoms with Crippen molar-refractivity contribution in [1.82, 2.24) is 14.5 Å². The van der Waals surface area contributed by atoms with Gasteiger partial charge >= 0.3 is 0 Å². The van der Waals surface area contributed by atoms with Gasteiger partial charge in [0.2, 0.25) is 0 Å². The van der Waals surface area contributed by atoms with Crippen LogP contribution in [0.5, 0.6) is 0 Å². The van der Waals surface area contributed by atoms with Crippen molar-refractivity contribution in [3.05, 3.63) is 51.4 Å². The molecule has 12 heteroatoms. The van der Waals surface area contributed by atoms with Crippen molar-refractivity contribution in [3.63, 3.8) is 0 Å². The molecule has 3 heterocycles. The molecule has 1 saturated carbocycles. The van der Waals surface area contributed by atoms with E-state index in [1.54, 1.807) is 6.07 Å². The second-order valence-corrected chi connectivity index (χ2v) is 12.3. The van der Waals surface area contributed by atoms with Gasteiger partial charge in [-0.15, -0.1) is 11.3 Å². The Morgan fingerprint density at radius 3 is 2.67 bits per heavy atom. The Labute approximate surface area is 207 Å². The summed E-state index contributed by atoms with van der Waals surface area (Å²) in [6.07, 6.45) is 7.76. The summed E-state index contributed by atoms with van der Waals surface area (Å²) >= 11 is 10.0. The van der Waals surface area contributed by atoms with Crippen LogP contribution < -0.4 is 10.5 Å². The number of fused-ring (bicyclic) bond motifs is 1. The van der Waals surface area contributed by atoms with Gasteiger partial charge in [0, 0.05) is 22.3 Å². The molecule has 0 saturated heterocycles. The molecule has 1 aliphatic carbocycles. The number of anilines is 2. The van der Waals surface area contributed by atoms with Crippen molar-refractivity contribution in [1.29, 1.82) is 0 Å². The highest BCUT2D eigenvalue weighted by Gasteiger charge is 2.24. The topological polar surface area (TPSA) is 103 Å². The van der Waals surface area contributed by atoms with Crippen LogP contribution in [0, 0.1) is 5.82 Å². The molecule has 1 aliphatic rings. The molecule has 0 unspecified atom stereocenters. The molecular formula is C21H18BrClFN5O2S2.